The maximum atomic E-state index is 12.8. The van der Waals surface area contributed by atoms with Crippen LogP contribution in [0, 0.1) is 0 Å². The van der Waals surface area contributed by atoms with Crippen molar-refractivity contribution in [2.75, 3.05) is 39.2 Å². The number of carboxylic acids is 1. The van der Waals surface area contributed by atoms with Crippen LogP contribution in [0.3, 0.4) is 0 Å². The number of rotatable bonds is 8. The van der Waals surface area contributed by atoms with Gasteiger partial charge in [0.15, 0.2) is 0 Å². The molecule has 4 rings (SSSR count). The molecule has 0 radical (unpaired) electrons. The molecule has 1 saturated heterocycles. The van der Waals surface area contributed by atoms with Crippen LogP contribution in [-0.4, -0.2) is 77.8 Å². The van der Waals surface area contributed by atoms with Gasteiger partial charge < -0.3 is 19.7 Å². The van der Waals surface area contributed by atoms with Gasteiger partial charge in [0, 0.05) is 10.6 Å². The molecule has 0 aliphatic carbocycles. The third-order valence-corrected chi connectivity index (χ3v) is 7.87. The predicted octanol–water partition coefficient (Wildman–Crippen LogP) is 1.60. The zero-order valence-electron chi connectivity index (χ0n) is 19.3. The summed E-state index contributed by atoms with van der Waals surface area (Å²) in [5.74, 6) is -1.45. The summed E-state index contributed by atoms with van der Waals surface area (Å²) in [6.07, 6.45) is 3.67. The molecule has 1 fully saturated rings. The van der Waals surface area contributed by atoms with Crippen LogP contribution in [0.25, 0.3) is 10.8 Å². The van der Waals surface area contributed by atoms with E-state index < -0.39 is 23.3 Å². The van der Waals surface area contributed by atoms with E-state index in [0.717, 1.165) is 22.2 Å². The summed E-state index contributed by atoms with van der Waals surface area (Å²) in [4.78, 5) is 39.4. The first-order chi connectivity index (χ1) is 16.1. The number of carbonyl (C=O) groups is 3. The first-order valence-corrected chi connectivity index (χ1v) is 12.9. The Morgan fingerprint density at radius 3 is 2.65 bits per heavy atom. The summed E-state index contributed by atoms with van der Waals surface area (Å²) in [7, 11) is 6.11. The van der Waals surface area contributed by atoms with Crippen LogP contribution in [0.2, 0.25) is 0 Å². The fourth-order valence-corrected chi connectivity index (χ4v) is 5.97. The summed E-state index contributed by atoms with van der Waals surface area (Å²) in [6.45, 7) is 0.722. The number of likely N-dealkylation sites (N-methyl/N-ethyl adjacent to an activating group) is 1. The summed E-state index contributed by atoms with van der Waals surface area (Å²) in [5.41, 5.74) is 0.460. The molecule has 34 heavy (non-hydrogen) atoms. The molecule has 2 atom stereocenters. The number of hydrogen-bond donors (Lipinski definition) is 1. The molecule has 1 N–H and O–H groups in total. The molecule has 0 aromatic heterocycles. The minimum absolute atomic E-state index is 0.0950. The highest BCUT2D eigenvalue weighted by Gasteiger charge is 2.52. The van der Waals surface area contributed by atoms with Gasteiger partial charge >= 0.3 is 0 Å². The van der Waals surface area contributed by atoms with Crippen molar-refractivity contribution in [3.63, 3.8) is 0 Å². The number of carboxylic acid groups (broad SMARTS) is 1. The van der Waals surface area contributed by atoms with Crippen molar-refractivity contribution in [1.29, 1.82) is 0 Å². The summed E-state index contributed by atoms with van der Waals surface area (Å²) < 4.78 is 0.703. The normalized spacial score (nSPS) is 20.4. The summed E-state index contributed by atoms with van der Waals surface area (Å²) >= 11 is 2.85. The zero-order chi connectivity index (χ0) is 24.5. The van der Waals surface area contributed by atoms with Crippen LogP contribution in [0.15, 0.2) is 70.8 Å². The Labute approximate surface area is 207 Å². The number of amides is 2. The van der Waals surface area contributed by atoms with E-state index in [4.69, 9.17) is 0 Å². The van der Waals surface area contributed by atoms with E-state index in [1.807, 2.05) is 69.7 Å². The third kappa shape index (κ3) is 5.32. The van der Waals surface area contributed by atoms with Gasteiger partial charge in [0.1, 0.15) is 11.4 Å². The number of nitrogens with one attached hydrogen (secondary N) is 1. The molecule has 7 nitrogen and oxygen atoms in total. The number of quaternary nitrogens is 1. The Kier molecular flexibility index (Phi) is 7.06. The third-order valence-electron chi connectivity index (χ3n) is 5.57. The molecule has 2 amide bonds. The first-order valence-electron chi connectivity index (χ1n) is 10.9. The lowest BCUT2D eigenvalue weighted by Gasteiger charge is -2.50. The second-order valence-corrected chi connectivity index (χ2v) is 11.4. The van der Waals surface area contributed by atoms with Gasteiger partial charge in [-0.3, -0.25) is 14.5 Å². The minimum atomic E-state index is -1.37. The van der Waals surface area contributed by atoms with Crippen molar-refractivity contribution >= 4 is 52.1 Å². The molecule has 0 spiro atoms. The van der Waals surface area contributed by atoms with Gasteiger partial charge in [-0.2, -0.15) is 0 Å². The molecule has 2 heterocycles. The number of benzene rings is 2. The fraction of sp³-hybridized carbons (Fsp3) is 0.320. The SMILES string of the molecule is C[N+](C)(C)C/C=C/C1=C(C(=O)[O-])N2C(=O)[C@@H](NC(=O)CSc3ccc4ccccc4c3)[C@H]2SC1. The molecule has 0 unspecified atom stereocenters. The molecule has 0 saturated carbocycles. The maximum Gasteiger partial charge on any atom is 0.253 e. The average molecular weight is 498 g/mol. The van der Waals surface area contributed by atoms with Gasteiger partial charge in [0.25, 0.3) is 5.91 Å². The van der Waals surface area contributed by atoms with E-state index in [-0.39, 0.29) is 17.4 Å². The second-order valence-electron chi connectivity index (χ2n) is 9.29. The Morgan fingerprint density at radius 1 is 1.21 bits per heavy atom. The number of β-lactam (4-membered cyclic amide) rings is 1. The zero-order valence-corrected chi connectivity index (χ0v) is 20.9. The number of fused-ring (bicyclic) bond motifs is 2. The summed E-state index contributed by atoms with van der Waals surface area (Å²) in [5, 5.41) is 16.4. The Hall–Kier alpha value is -2.75. The predicted molar refractivity (Wildman–Crippen MR) is 134 cm³/mol. The van der Waals surface area contributed by atoms with E-state index in [9.17, 15) is 19.5 Å². The minimum Gasteiger partial charge on any atom is -0.543 e. The van der Waals surface area contributed by atoms with E-state index in [2.05, 4.69) is 5.32 Å². The fourth-order valence-electron chi connectivity index (χ4n) is 3.89. The van der Waals surface area contributed by atoms with Crippen LogP contribution < -0.4 is 10.4 Å². The lowest BCUT2D eigenvalue weighted by Crippen LogP contribution is -2.71. The van der Waals surface area contributed by atoms with Crippen molar-refractivity contribution in [1.82, 2.24) is 10.2 Å². The molecule has 2 aromatic carbocycles. The molecule has 9 heteroatoms. The van der Waals surface area contributed by atoms with Crippen LogP contribution in [0.1, 0.15) is 0 Å². The lowest BCUT2D eigenvalue weighted by atomic mass is 10.0. The lowest BCUT2D eigenvalue weighted by molar-refractivity contribution is -0.864. The highest BCUT2D eigenvalue weighted by Crippen LogP contribution is 2.40. The van der Waals surface area contributed by atoms with Gasteiger partial charge in [-0.25, -0.2) is 0 Å². The van der Waals surface area contributed by atoms with Crippen molar-refractivity contribution in [2.45, 2.75) is 16.3 Å². The van der Waals surface area contributed by atoms with E-state index in [1.165, 1.54) is 28.4 Å². The smallest absolute Gasteiger partial charge is 0.253 e. The number of carbonyl (C=O) groups excluding carboxylic acids is 3. The largest absolute Gasteiger partial charge is 0.543 e. The quantitative estimate of drug-likeness (QED) is 0.339. The van der Waals surface area contributed by atoms with Gasteiger partial charge in [-0.05, 0) is 34.6 Å². The Morgan fingerprint density at radius 2 is 1.94 bits per heavy atom. The highest BCUT2D eigenvalue weighted by atomic mass is 32.2. The standard InChI is InChI=1S/C25H27N3O4S2/c1-28(2,3)12-6-9-18-14-34-24-21(23(30)27(24)22(18)25(31)32)26-20(29)15-33-19-11-10-16-7-4-5-8-17(16)13-19/h4-11,13,21,24H,12,14-15H2,1-3H3,(H-,26,29,31,32)/b9-6+/t21-,24-/m1/s1. The molecular weight excluding hydrogens is 470 g/mol. The molecule has 2 aromatic rings. The Bertz CT molecular complexity index is 1200. The van der Waals surface area contributed by atoms with Crippen molar-refractivity contribution in [2.24, 2.45) is 0 Å². The molecule has 2 aliphatic heterocycles. The average Bonchev–Trinajstić information content (AvgIpc) is 2.79. The molecule has 178 valence electrons. The topological polar surface area (TPSA) is 89.5 Å². The van der Waals surface area contributed by atoms with Crippen molar-refractivity contribution in [3.05, 3.63) is 65.9 Å². The number of nitrogens with zero attached hydrogens (tertiary/aromatic N) is 2. The first kappa shape index (κ1) is 24.4. The van der Waals surface area contributed by atoms with E-state index >= 15 is 0 Å². The van der Waals surface area contributed by atoms with Gasteiger partial charge in [0.2, 0.25) is 5.91 Å². The van der Waals surface area contributed by atoms with Crippen molar-refractivity contribution < 1.29 is 24.0 Å². The van der Waals surface area contributed by atoms with Crippen LogP contribution in [-0.2, 0) is 14.4 Å². The van der Waals surface area contributed by atoms with Gasteiger partial charge in [0.05, 0.1) is 45.1 Å². The van der Waals surface area contributed by atoms with Crippen LogP contribution in [0.5, 0.6) is 0 Å². The number of thioether (sulfide) groups is 2. The Balaban J connectivity index is 1.38. The van der Waals surface area contributed by atoms with Crippen molar-refractivity contribution in [3.8, 4) is 0 Å². The maximum absolute atomic E-state index is 12.8. The number of hydrogen-bond acceptors (Lipinski definition) is 6. The molecule has 2 aliphatic rings. The summed E-state index contributed by atoms with van der Waals surface area (Å²) in [6, 6.07) is 13.3. The number of allylic oxidation sites excluding steroid dienone is 1. The van der Waals surface area contributed by atoms with Crippen LogP contribution >= 0.6 is 23.5 Å². The van der Waals surface area contributed by atoms with Gasteiger partial charge in [-0.15, -0.1) is 23.5 Å². The van der Waals surface area contributed by atoms with E-state index in [1.54, 1.807) is 6.08 Å². The highest BCUT2D eigenvalue weighted by molar-refractivity contribution is 8.00. The van der Waals surface area contributed by atoms with Gasteiger partial charge in [-0.1, -0.05) is 36.4 Å². The molecular formula is C25H27N3O4S2. The monoisotopic (exact) mass is 497 g/mol. The van der Waals surface area contributed by atoms with Crippen LogP contribution in [0.4, 0.5) is 0 Å². The van der Waals surface area contributed by atoms with E-state index in [0.29, 0.717) is 15.8 Å². The second kappa shape index (κ2) is 9.85. The number of aliphatic carboxylic acids is 1. The molecule has 0 bridgehead atoms.